The van der Waals surface area contributed by atoms with Gasteiger partial charge in [-0.15, -0.1) is 0 Å². The fourth-order valence-corrected chi connectivity index (χ4v) is 4.15. The highest BCUT2D eigenvalue weighted by Gasteiger charge is 2.30. The van der Waals surface area contributed by atoms with Crippen LogP contribution in [0.4, 0.5) is 14.5 Å². The number of sulfonamides is 1. The summed E-state index contributed by atoms with van der Waals surface area (Å²) >= 11 is 0. The fraction of sp³-hybridized carbons (Fsp3) is 0.188. The quantitative estimate of drug-likeness (QED) is 0.848. The molecule has 4 nitrogen and oxygen atoms in total. The molecule has 23 heavy (non-hydrogen) atoms. The van der Waals surface area contributed by atoms with Crippen LogP contribution in [0.3, 0.4) is 0 Å². The van der Waals surface area contributed by atoms with Crippen molar-refractivity contribution in [3.63, 3.8) is 0 Å². The zero-order valence-electron chi connectivity index (χ0n) is 12.0. The molecule has 1 aliphatic rings. The van der Waals surface area contributed by atoms with E-state index in [9.17, 15) is 17.2 Å². The first-order valence-electron chi connectivity index (χ1n) is 6.94. The molecule has 0 unspecified atom stereocenters. The minimum atomic E-state index is -3.90. The highest BCUT2D eigenvalue weighted by molar-refractivity contribution is 7.92. The van der Waals surface area contributed by atoms with Crippen LogP contribution in [0.1, 0.15) is 17.5 Å². The van der Waals surface area contributed by atoms with Crippen LogP contribution >= 0.6 is 0 Å². The van der Waals surface area contributed by atoms with E-state index >= 15 is 0 Å². The van der Waals surface area contributed by atoms with Crippen LogP contribution in [0, 0.1) is 23.0 Å². The monoisotopic (exact) mass is 334 g/mol. The minimum Gasteiger partial charge on any atom is -0.266 e. The van der Waals surface area contributed by atoms with Gasteiger partial charge in [-0.05, 0) is 48.7 Å². The molecular weight excluding hydrogens is 322 g/mol. The summed E-state index contributed by atoms with van der Waals surface area (Å²) in [5.41, 5.74) is 0.975. The van der Waals surface area contributed by atoms with Gasteiger partial charge in [0.2, 0.25) is 0 Å². The maximum Gasteiger partial charge on any atom is 0.264 e. The summed E-state index contributed by atoms with van der Waals surface area (Å²) in [7, 11) is -3.90. The van der Waals surface area contributed by atoms with E-state index in [1.165, 1.54) is 24.3 Å². The molecule has 2 aromatic rings. The summed E-state index contributed by atoms with van der Waals surface area (Å²) in [6.07, 6.45) is 1.01. The molecular formula is C16H12F2N2O2S. The van der Waals surface area contributed by atoms with Gasteiger partial charge in [-0.1, -0.05) is 0 Å². The van der Waals surface area contributed by atoms with Crippen molar-refractivity contribution in [2.45, 2.75) is 17.7 Å². The molecule has 0 saturated carbocycles. The Hall–Kier alpha value is -2.46. The lowest BCUT2D eigenvalue weighted by atomic mass is 10.0. The van der Waals surface area contributed by atoms with Crippen LogP contribution in [0.5, 0.6) is 0 Å². The Morgan fingerprint density at radius 2 is 1.74 bits per heavy atom. The molecule has 0 radical (unpaired) electrons. The second kappa shape index (κ2) is 5.63. The van der Waals surface area contributed by atoms with Crippen LogP contribution in [-0.4, -0.2) is 15.0 Å². The Kier molecular flexibility index (Phi) is 3.78. The molecule has 0 saturated heterocycles. The lowest BCUT2D eigenvalue weighted by Gasteiger charge is -2.30. The fourth-order valence-electron chi connectivity index (χ4n) is 2.62. The molecule has 7 heteroatoms. The van der Waals surface area contributed by atoms with Gasteiger partial charge in [0.1, 0.15) is 0 Å². The van der Waals surface area contributed by atoms with Gasteiger partial charge in [0.25, 0.3) is 10.0 Å². The van der Waals surface area contributed by atoms with Crippen LogP contribution in [-0.2, 0) is 16.4 Å². The number of fused-ring (bicyclic) bond motifs is 1. The van der Waals surface area contributed by atoms with Gasteiger partial charge >= 0.3 is 0 Å². The normalized spacial score (nSPS) is 14.2. The Morgan fingerprint density at radius 3 is 2.39 bits per heavy atom. The van der Waals surface area contributed by atoms with Crippen molar-refractivity contribution < 1.29 is 17.2 Å². The first-order chi connectivity index (χ1) is 10.9. The van der Waals surface area contributed by atoms with E-state index in [0.29, 0.717) is 24.0 Å². The molecule has 1 heterocycles. The summed E-state index contributed by atoms with van der Waals surface area (Å²) in [5, 5.41) is 8.78. The van der Waals surface area contributed by atoms with Gasteiger partial charge in [0.15, 0.2) is 11.6 Å². The number of hydrogen-bond donors (Lipinski definition) is 0. The van der Waals surface area contributed by atoms with E-state index in [2.05, 4.69) is 0 Å². The summed E-state index contributed by atoms with van der Waals surface area (Å²) < 4.78 is 53.5. The van der Waals surface area contributed by atoms with Crippen molar-refractivity contribution in [3.05, 3.63) is 59.2 Å². The van der Waals surface area contributed by atoms with Gasteiger partial charge in [0, 0.05) is 12.6 Å². The van der Waals surface area contributed by atoms with Crippen LogP contribution in [0.15, 0.2) is 41.3 Å². The van der Waals surface area contributed by atoms with Crippen molar-refractivity contribution in [1.82, 2.24) is 0 Å². The maximum atomic E-state index is 13.5. The van der Waals surface area contributed by atoms with E-state index in [-0.39, 0.29) is 17.1 Å². The van der Waals surface area contributed by atoms with Crippen molar-refractivity contribution in [1.29, 1.82) is 5.26 Å². The number of rotatable bonds is 2. The number of hydrogen-bond acceptors (Lipinski definition) is 3. The molecule has 2 aromatic carbocycles. The molecule has 0 atom stereocenters. The molecule has 3 rings (SSSR count). The molecule has 0 spiro atoms. The molecule has 0 aromatic heterocycles. The van der Waals surface area contributed by atoms with E-state index in [0.717, 1.165) is 16.4 Å². The number of anilines is 1. The van der Waals surface area contributed by atoms with Gasteiger partial charge in [-0.25, -0.2) is 17.2 Å². The number of nitrogens with zero attached hydrogens (tertiary/aromatic N) is 2. The zero-order valence-corrected chi connectivity index (χ0v) is 12.8. The Morgan fingerprint density at radius 1 is 1.09 bits per heavy atom. The summed E-state index contributed by atoms with van der Waals surface area (Å²) in [5.74, 6) is -2.06. The van der Waals surface area contributed by atoms with Crippen molar-refractivity contribution in [3.8, 4) is 6.07 Å². The summed E-state index contributed by atoms with van der Waals surface area (Å²) in [6.45, 7) is 0.195. The average molecular weight is 334 g/mol. The van der Waals surface area contributed by atoms with Gasteiger partial charge < -0.3 is 0 Å². The Labute approximate surface area is 132 Å². The topological polar surface area (TPSA) is 61.2 Å². The van der Waals surface area contributed by atoms with Crippen molar-refractivity contribution in [2.75, 3.05) is 10.8 Å². The third kappa shape index (κ3) is 2.66. The Balaban J connectivity index is 2.08. The third-order valence-electron chi connectivity index (χ3n) is 3.77. The molecule has 0 fully saturated rings. The molecule has 118 valence electrons. The standard InChI is InChI=1S/C16H12F2N2O2S/c17-14-8-12-2-1-7-20(16(12)9-15(14)18)23(21,22)13-5-3-11(10-19)4-6-13/h3-6,8-9H,1-2,7H2. The number of benzene rings is 2. The number of nitriles is 1. The zero-order chi connectivity index (χ0) is 16.6. The van der Waals surface area contributed by atoms with E-state index in [1.807, 2.05) is 6.07 Å². The van der Waals surface area contributed by atoms with Crippen LogP contribution in [0.25, 0.3) is 0 Å². The first-order valence-corrected chi connectivity index (χ1v) is 8.38. The van der Waals surface area contributed by atoms with Crippen molar-refractivity contribution in [2.24, 2.45) is 0 Å². The lowest BCUT2D eigenvalue weighted by Crippen LogP contribution is -2.35. The molecule has 0 aliphatic carbocycles. The molecule has 0 N–H and O–H groups in total. The van der Waals surface area contributed by atoms with Gasteiger partial charge in [0.05, 0.1) is 22.2 Å². The highest BCUT2D eigenvalue weighted by Crippen LogP contribution is 2.33. The van der Waals surface area contributed by atoms with Gasteiger partial charge in [-0.2, -0.15) is 5.26 Å². The molecule has 0 amide bonds. The van der Waals surface area contributed by atoms with E-state index in [1.54, 1.807) is 0 Å². The van der Waals surface area contributed by atoms with Crippen LogP contribution in [0.2, 0.25) is 0 Å². The largest absolute Gasteiger partial charge is 0.266 e. The summed E-state index contributed by atoms with van der Waals surface area (Å²) in [6, 6.07) is 9.37. The number of halogens is 2. The second-order valence-corrected chi connectivity index (χ2v) is 7.07. The first kappa shape index (κ1) is 15.4. The maximum absolute atomic E-state index is 13.5. The second-order valence-electron chi connectivity index (χ2n) is 5.21. The molecule has 1 aliphatic heterocycles. The predicted molar refractivity (Wildman–Crippen MR) is 80.4 cm³/mol. The smallest absolute Gasteiger partial charge is 0.264 e. The predicted octanol–water partition coefficient (Wildman–Crippen LogP) is 2.98. The lowest BCUT2D eigenvalue weighted by molar-refractivity contribution is 0.505. The van der Waals surface area contributed by atoms with Crippen LogP contribution < -0.4 is 4.31 Å². The van der Waals surface area contributed by atoms with Gasteiger partial charge in [-0.3, -0.25) is 4.31 Å². The van der Waals surface area contributed by atoms with E-state index < -0.39 is 21.7 Å². The molecule has 0 bridgehead atoms. The van der Waals surface area contributed by atoms with E-state index in [4.69, 9.17) is 5.26 Å². The number of aryl methyl sites for hydroxylation is 1. The highest BCUT2D eigenvalue weighted by atomic mass is 32.2. The third-order valence-corrected chi connectivity index (χ3v) is 5.60. The minimum absolute atomic E-state index is 0.00841. The average Bonchev–Trinajstić information content (AvgIpc) is 2.55. The van der Waals surface area contributed by atoms with Crippen molar-refractivity contribution >= 4 is 15.7 Å². The SMILES string of the molecule is N#Cc1ccc(S(=O)(=O)N2CCCc3cc(F)c(F)cc32)cc1. The Bertz CT molecular complexity index is 903. The summed E-state index contributed by atoms with van der Waals surface area (Å²) in [4.78, 5) is 0.00841.